The Balaban J connectivity index is 2.21. The van der Waals surface area contributed by atoms with E-state index in [9.17, 15) is 4.39 Å². The summed E-state index contributed by atoms with van der Waals surface area (Å²) in [5, 5.41) is 3.24. The van der Waals surface area contributed by atoms with Crippen LogP contribution >= 0.6 is 15.9 Å². The van der Waals surface area contributed by atoms with Gasteiger partial charge in [-0.15, -0.1) is 0 Å². The molecule has 0 spiro atoms. The molecule has 0 saturated carbocycles. The molecule has 90 valence electrons. The molecular formula is C12H17BrFNO. The highest BCUT2D eigenvalue weighted by Gasteiger charge is 1.99. The van der Waals surface area contributed by atoms with E-state index in [4.69, 9.17) is 4.74 Å². The minimum absolute atomic E-state index is 0.281. The lowest BCUT2D eigenvalue weighted by atomic mass is 10.3. The average molecular weight is 290 g/mol. The van der Waals surface area contributed by atoms with Crippen molar-refractivity contribution < 1.29 is 9.13 Å². The first-order chi connectivity index (χ1) is 7.72. The summed E-state index contributed by atoms with van der Waals surface area (Å²) in [6.07, 6.45) is 2.05. The molecule has 0 aliphatic heterocycles. The quantitative estimate of drug-likeness (QED) is 0.777. The third-order valence-corrected chi connectivity index (χ3v) is 2.56. The zero-order valence-corrected chi connectivity index (χ0v) is 11.0. The van der Waals surface area contributed by atoms with Gasteiger partial charge in [-0.1, -0.05) is 22.9 Å². The van der Waals surface area contributed by atoms with Gasteiger partial charge in [0.1, 0.15) is 11.6 Å². The van der Waals surface area contributed by atoms with E-state index in [1.165, 1.54) is 12.1 Å². The second kappa shape index (κ2) is 7.63. The SMILES string of the molecule is CCNCCCCOc1cc(F)cc(Br)c1. The summed E-state index contributed by atoms with van der Waals surface area (Å²) in [6.45, 7) is 4.71. The summed E-state index contributed by atoms with van der Waals surface area (Å²) in [4.78, 5) is 0. The lowest BCUT2D eigenvalue weighted by Crippen LogP contribution is -2.14. The number of benzene rings is 1. The summed E-state index contributed by atoms with van der Waals surface area (Å²) in [5.74, 6) is 0.298. The van der Waals surface area contributed by atoms with E-state index in [1.54, 1.807) is 6.07 Å². The zero-order chi connectivity index (χ0) is 11.8. The smallest absolute Gasteiger partial charge is 0.128 e. The average Bonchev–Trinajstić information content (AvgIpc) is 2.22. The van der Waals surface area contributed by atoms with E-state index >= 15 is 0 Å². The first-order valence-corrected chi connectivity index (χ1v) is 6.31. The van der Waals surface area contributed by atoms with Crippen molar-refractivity contribution >= 4 is 15.9 Å². The number of unbranched alkanes of at least 4 members (excludes halogenated alkanes) is 1. The van der Waals surface area contributed by atoms with Crippen LogP contribution in [0.15, 0.2) is 22.7 Å². The van der Waals surface area contributed by atoms with E-state index in [2.05, 4.69) is 28.2 Å². The Kier molecular flexibility index (Phi) is 6.42. The molecule has 1 N–H and O–H groups in total. The minimum Gasteiger partial charge on any atom is -0.493 e. The molecule has 0 saturated heterocycles. The molecule has 0 atom stereocenters. The first-order valence-electron chi connectivity index (χ1n) is 5.52. The molecule has 4 heteroatoms. The lowest BCUT2D eigenvalue weighted by Gasteiger charge is -2.07. The van der Waals surface area contributed by atoms with Crippen LogP contribution in [0.2, 0.25) is 0 Å². The summed E-state index contributed by atoms with van der Waals surface area (Å²) in [6, 6.07) is 4.58. The van der Waals surface area contributed by atoms with E-state index in [1.807, 2.05) is 0 Å². The molecule has 1 aromatic carbocycles. The second-order valence-corrected chi connectivity index (χ2v) is 4.43. The first kappa shape index (κ1) is 13.5. The molecule has 0 heterocycles. The molecule has 0 aliphatic rings. The third kappa shape index (κ3) is 5.47. The predicted octanol–water partition coefficient (Wildman–Crippen LogP) is 3.36. The van der Waals surface area contributed by atoms with E-state index in [0.29, 0.717) is 16.8 Å². The van der Waals surface area contributed by atoms with Crippen molar-refractivity contribution in [3.63, 3.8) is 0 Å². The Morgan fingerprint density at radius 1 is 1.31 bits per heavy atom. The van der Waals surface area contributed by atoms with Crippen LogP contribution in [-0.2, 0) is 0 Å². The fourth-order valence-corrected chi connectivity index (χ4v) is 1.78. The molecule has 0 unspecified atom stereocenters. The molecule has 16 heavy (non-hydrogen) atoms. The molecule has 1 aromatic rings. The Labute approximate surface area is 104 Å². The maximum absolute atomic E-state index is 13.0. The van der Waals surface area contributed by atoms with Gasteiger partial charge in [0.15, 0.2) is 0 Å². The molecule has 2 nitrogen and oxygen atoms in total. The van der Waals surface area contributed by atoms with E-state index in [-0.39, 0.29) is 5.82 Å². The molecule has 0 amide bonds. The molecular weight excluding hydrogens is 273 g/mol. The van der Waals surface area contributed by atoms with Crippen molar-refractivity contribution in [1.82, 2.24) is 5.32 Å². The Bertz CT molecular complexity index is 300. The van der Waals surface area contributed by atoms with Gasteiger partial charge in [0.05, 0.1) is 6.61 Å². The van der Waals surface area contributed by atoms with Gasteiger partial charge in [-0.3, -0.25) is 0 Å². The summed E-state index contributed by atoms with van der Waals surface area (Å²) in [5.41, 5.74) is 0. The number of hydrogen-bond donors (Lipinski definition) is 1. The van der Waals surface area contributed by atoms with Crippen LogP contribution in [0.1, 0.15) is 19.8 Å². The van der Waals surface area contributed by atoms with Gasteiger partial charge in [0.2, 0.25) is 0 Å². The Hall–Kier alpha value is -0.610. The van der Waals surface area contributed by atoms with Gasteiger partial charge in [0.25, 0.3) is 0 Å². The van der Waals surface area contributed by atoms with Gasteiger partial charge in [-0.05, 0) is 38.1 Å². The predicted molar refractivity (Wildman–Crippen MR) is 67.4 cm³/mol. The summed E-state index contributed by atoms with van der Waals surface area (Å²) >= 11 is 3.23. The number of rotatable bonds is 7. The largest absolute Gasteiger partial charge is 0.493 e. The number of nitrogens with one attached hydrogen (secondary N) is 1. The molecule has 0 aromatic heterocycles. The molecule has 0 fully saturated rings. The van der Waals surface area contributed by atoms with Crippen molar-refractivity contribution in [3.8, 4) is 5.75 Å². The fraction of sp³-hybridized carbons (Fsp3) is 0.500. The van der Waals surface area contributed by atoms with Crippen molar-refractivity contribution in [1.29, 1.82) is 0 Å². The number of ether oxygens (including phenoxy) is 1. The van der Waals surface area contributed by atoms with Crippen LogP contribution in [-0.4, -0.2) is 19.7 Å². The Morgan fingerprint density at radius 3 is 2.81 bits per heavy atom. The lowest BCUT2D eigenvalue weighted by molar-refractivity contribution is 0.304. The molecule has 0 radical (unpaired) electrons. The number of halogens is 2. The van der Waals surface area contributed by atoms with E-state index in [0.717, 1.165) is 25.9 Å². The highest BCUT2D eigenvalue weighted by Crippen LogP contribution is 2.20. The topological polar surface area (TPSA) is 21.3 Å². The zero-order valence-electron chi connectivity index (χ0n) is 9.43. The van der Waals surface area contributed by atoms with Crippen LogP contribution in [0.4, 0.5) is 4.39 Å². The second-order valence-electron chi connectivity index (χ2n) is 3.51. The van der Waals surface area contributed by atoms with Crippen LogP contribution in [0.5, 0.6) is 5.75 Å². The van der Waals surface area contributed by atoms with Gasteiger partial charge >= 0.3 is 0 Å². The summed E-state index contributed by atoms with van der Waals surface area (Å²) in [7, 11) is 0. The molecule has 0 aliphatic carbocycles. The highest BCUT2D eigenvalue weighted by molar-refractivity contribution is 9.10. The monoisotopic (exact) mass is 289 g/mol. The fourth-order valence-electron chi connectivity index (χ4n) is 1.33. The Morgan fingerprint density at radius 2 is 2.12 bits per heavy atom. The highest BCUT2D eigenvalue weighted by atomic mass is 79.9. The van der Waals surface area contributed by atoms with Crippen molar-refractivity contribution in [2.75, 3.05) is 19.7 Å². The molecule has 0 bridgehead atoms. The van der Waals surface area contributed by atoms with Crippen LogP contribution in [0.3, 0.4) is 0 Å². The normalized spacial score (nSPS) is 10.4. The minimum atomic E-state index is -0.281. The van der Waals surface area contributed by atoms with Crippen molar-refractivity contribution in [2.45, 2.75) is 19.8 Å². The van der Waals surface area contributed by atoms with Gasteiger partial charge in [0, 0.05) is 10.5 Å². The van der Waals surface area contributed by atoms with Crippen LogP contribution in [0, 0.1) is 5.82 Å². The van der Waals surface area contributed by atoms with Crippen LogP contribution < -0.4 is 10.1 Å². The third-order valence-electron chi connectivity index (χ3n) is 2.10. The molecule has 1 rings (SSSR count). The van der Waals surface area contributed by atoms with Crippen LogP contribution in [0.25, 0.3) is 0 Å². The van der Waals surface area contributed by atoms with E-state index < -0.39 is 0 Å². The van der Waals surface area contributed by atoms with Crippen molar-refractivity contribution in [3.05, 3.63) is 28.5 Å². The maximum Gasteiger partial charge on any atom is 0.128 e. The van der Waals surface area contributed by atoms with Gasteiger partial charge in [-0.25, -0.2) is 4.39 Å². The maximum atomic E-state index is 13.0. The van der Waals surface area contributed by atoms with Gasteiger partial charge < -0.3 is 10.1 Å². The number of hydrogen-bond acceptors (Lipinski definition) is 2. The standard InChI is InChI=1S/C12H17BrFNO/c1-2-15-5-3-4-6-16-12-8-10(13)7-11(14)9-12/h7-9,15H,2-6H2,1H3. The summed E-state index contributed by atoms with van der Waals surface area (Å²) < 4.78 is 19.1. The van der Waals surface area contributed by atoms with Crippen molar-refractivity contribution in [2.24, 2.45) is 0 Å². The van der Waals surface area contributed by atoms with Gasteiger partial charge in [-0.2, -0.15) is 0 Å².